The Morgan fingerprint density at radius 2 is 1.63 bits per heavy atom. The molecule has 1 atom stereocenters. The second-order valence-electron chi connectivity index (χ2n) is 4.54. The summed E-state index contributed by atoms with van der Waals surface area (Å²) in [6, 6.07) is 6.74. The molecule has 100 valence electrons. The summed E-state index contributed by atoms with van der Waals surface area (Å²) in [7, 11) is 0. The molecule has 0 aliphatic rings. The summed E-state index contributed by atoms with van der Waals surface area (Å²) in [5.41, 5.74) is 2.57. The van der Waals surface area contributed by atoms with Gasteiger partial charge < -0.3 is 5.11 Å². The van der Waals surface area contributed by atoms with E-state index < -0.39 is 17.7 Å². The van der Waals surface area contributed by atoms with Crippen molar-refractivity contribution in [1.82, 2.24) is 0 Å². The molecule has 4 heteroatoms. The number of rotatable bonds is 2. The lowest BCUT2D eigenvalue weighted by molar-refractivity contribution is 0.214. The van der Waals surface area contributed by atoms with Crippen LogP contribution in [0.4, 0.5) is 8.78 Å². The second-order valence-corrected chi connectivity index (χ2v) is 5.33. The van der Waals surface area contributed by atoms with Crippen LogP contribution < -0.4 is 0 Å². The first-order valence-corrected chi connectivity index (χ1v) is 6.59. The summed E-state index contributed by atoms with van der Waals surface area (Å²) in [4.78, 5) is 0. The minimum atomic E-state index is -1.11. The smallest absolute Gasteiger partial charge is 0.132 e. The Morgan fingerprint density at radius 1 is 1.05 bits per heavy atom. The third-order valence-corrected chi connectivity index (χ3v) is 4.28. The summed E-state index contributed by atoms with van der Waals surface area (Å²) in [5.74, 6) is -1.40. The highest BCUT2D eigenvalue weighted by Crippen LogP contribution is 2.30. The van der Waals surface area contributed by atoms with Gasteiger partial charge in [0.15, 0.2) is 0 Å². The van der Waals surface area contributed by atoms with Crippen molar-refractivity contribution < 1.29 is 13.9 Å². The van der Waals surface area contributed by atoms with Crippen LogP contribution >= 0.6 is 15.9 Å². The molecule has 0 spiro atoms. The summed E-state index contributed by atoms with van der Waals surface area (Å²) in [5, 5.41) is 10.2. The third kappa shape index (κ3) is 2.85. The Balaban J connectivity index is 2.47. The van der Waals surface area contributed by atoms with Gasteiger partial charge in [-0.05, 0) is 36.6 Å². The zero-order valence-electron chi connectivity index (χ0n) is 10.5. The van der Waals surface area contributed by atoms with Crippen molar-refractivity contribution in [2.45, 2.75) is 20.0 Å². The summed E-state index contributed by atoms with van der Waals surface area (Å²) < 4.78 is 27.5. The number of aliphatic hydroxyl groups is 1. The normalized spacial score (nSPS) is 12.5. The van der Waals surface area contributed by atoms with E-state index >= 15 is 0 Å². The predicted molar refractivity (Wildman–Crippen MR) is 74.0 cm³/mol. The maximum absolute atomic E-state index is 13.7. The lowest BCUT2D eigenvalue weighted by atomic mass is 9.97. The van der Waals surface area contributed by atoms with E-state index in [2.05, 4.69) is 15.9 Å². The van der Waals surface area contributed by atoms with Gasteiger partial charge in [0.2, 0.25) is 0 Å². The summed E-state index contributed by atoms with van der Waals surface area (Å²) in [6.07, 6.45) is -1.11. The fourth-order valence-electron chi connectivity index (χ4n) is 2.04. The van der Waals surface area contributed by atoms with Crippen LogP contribution in [0.3, 0.4) is 0 Å². The molecule has 0 radical (unpaired) electrons. The van der Waals surface area contributed by atoms with Crippen LogP contribution in [0.25, 0.3) is 0 Å². The molecule has 0 saturated heterocycles. The number of hydrogen-bond donors (Lipinski definition) is 1. The molecule has 0 aromatic heterocycles. The quantitative estimate of drug-likeness (QED) is 0.865. The topological polar surface area (TPSA) is 20.2 Å². The van der Waals surface area contributed by atoms with Crippen LogP contribution in [0.2, 0.25) is 0 Å². The Kier molecular flexibility index (Phi) is 4.02. The maximum Gasteiger partial charge on any atom is 0.132 e. The average molecular weight is 327 g/mol. The van der Waals surface area contributed by atoms with E-state index in [0.717, 1.165) is 27.7 Å². The van der Waals surface area contributed by atoms with Gasteiger partial charge in [0, 0.05) is 16.1 Å². The van der Waals surface area contributed by atoms with Gasteiger partial charge in [0.1, 0.15) is 17.7 Å². The van der Waals surface area contributed by atoms with Gasteiger partial charge in [0.25, 0.3) is 0 Å². The van der Waals surface area contributed by atoms with Crippen molar-refractivity contribution in [3.8, 4) is 0 Å². The highest BCUT2D eigenvalue weighted by molar-refractivity contribution is 9.10. The van der Waals surface area contributed by atoms with Gasteiger partial charge in [-0.15, -0.1) is 0 Å². The van der Waals surface area contributed by atoms with Gasteiger partial charge in [-0.2, -0.15) is 0 Å². The number of aliphatic hydroxyl groups excluding tert-OH is 1. The van der Waals surface area contributed by atoms with Crippen molar-refractivity contribution in [1.29, 1.82) is 0 Å². The highest BCUT2D eigenvalue weighted by Gasteiger charge is 2.17. The molecule has 0 bridgehead atoms. The molecule has 2 aromatic carbocycles. The molecule has 2 rings (SSSR count). The van der Waals surface area contributed by atoms with E-state index in [0.29, 0.717) is 5.56 Å². The Hall–Kier alpha value is -1.26. The molecular formula is C15H13BrF2O. The minimum absolute atomic E-state index is 0.0718. The van der Waals surface area contributed by atoms with Crippen molar-refractivity contribution in [3.05, 3.63) is 68.7 Å². The van der Waals surface area contributed by atoms with E-state index in [4.69, 9.17) is 0 Å². The summed E-state index contributed by atoms with van der Waals surface area (Å²) in [6.45, 7) is 3.79. The first-order valence-electron chi connectivity index (χ1n) is 5.80. The van der Waals surface area contributed by atoms with Crippen molar-refractivity contribution in [3.63, 3.8) is 0 Å². The maximum atomic E-state index is 13.7. The van der Waals surface area contributed by atoms with Crippen LogP contribution in [0.5, 0.6) is 0 Å². The lowest BCUT2D eigenvalue weighted by Gasteiger charge is -2.15. The standard InChI is InChI=1S/C15H13BrF2O/c1-8-5-10(6-9(2)14(8)16)15(19)12-4-3-11(17)7-13(12)18/h3-7,15,19H,1-2H3. The third-order valence-electron chi connectivity index (χ3n) is 3.03. The zero-order valence-corrected chi connectivity index (χ0v) is 12.1. The van der Waals surface area contributed by atoms with Crippen LogP contribution in [0.15, 0.2) is 34.8 Å². The zero-order chi connectivity index (χ0) is 14.2. The SMILES string of the molecule is Cc1cc(C(O)c2ccc(F)cc2F)cc(C)c1Br. The van der Waals surface area contributed by atoms with Crippen LogP contribution in [-0.4, -0.2) is 5.11 Å². The van der Waals surface area contributed by atoms with E-state index in [1.54, 1.807) is 12.1 Å². The molecular weight excluding hydrogens is 314 g/mol. The van der Waals surface area contributed by atoms with Crippen molar-refractivity contribution >= 4 is 15.9 Å². The number of halogens is 3. The Labute approximate surface area is 119 Å². The molecule has 0 amide bonds. The first kappa shape index (κ1) is 14.2. The Bertz CT molecular complexity index is 603. The molecule has 0 saturated carbocycles. The molecule has 2 aromatic rings. The minimum Gasteiger partial charge on any atom is -0.384 e. The van der Waals surface area contributed by atoms with Gasteiger partial charge in [-0.25, -0.2) is 8.78 Å². The van der Waals surface area contributed by atoms with Crippen molar-refractivity contribution in [2.24, 2.45) is 0 Å². The Morgan fingerprint density at radius 3 is 2.16 bits per heavy atom. The van der Waals surface area contributed by atoms with E-state index in [1.807, 2.05) is 13.8 Å². The van der Waals surface area contributed by atoms with Crippen LogP contribution in [-0.2, 0) is 0 Å². The number of hydrogen-bond acceptors (Lipinski definition) is 1. The number of aryl methyl sites for hydroxylation is 2. The predicted octanol–water partition coefficient (Wildman–Crippen LogP) is 4.43. The summed E-state index contributed by atoms with van der Waals surface area (Å²) >= 11 is 3.44. The largest absolute Gasteiger partial charge is 0.384 e. The molecule has 0 heterocycles. The fraction of sp³-hybridized carbons (Fsp3) is 0.200. The monoisotopic (exact) mass is 326 g/mol. The van der Waals surface area contributed by atoms with Gasteiger partial charge >= 0.3 is 0 Å². The van der Waals surface area contributed by atoms with Gasteiger partial charge in [-0.3, -0.25) is 0 Å². The first-order chi connectivity index (χ1) is 8.90. The lowest BCUT2D eigenvalue weighted by Crippen LogP contribution is -2.04. The molecule has 0 aliphatic heterocycles. The average Bonchev–Trinajstić information content (AvgIpc) is 2.34. The van der Waals surface area contributed by atoms with E-state index in [1.165, 1.54) is 6.07 Å². The molecule has 1 unspecified atom stereocenters. The van der Waals surface area contributed by atoms with Crippen LogP contribution in [0.1, 0.15) is 28.4 Å². The van der Waals surface area contributed by atoms with Gasteiger partial charge in [0.05, 0.1) is 0 Å². The molecule has 0 aliphatic carbocycles. The number of benzene rings is 2. The highest BCUT2D eigenvalue weighted by atomic mass is 79.9. The molecule has 1 nitrogen and oxygen atoms in total. The van der Waals surface area contributed by atoms with Gasteiger partial charge in [-0.1, -0.05) is 34.1 Å². The van der Waals surface area contributed by atoms with E-state index in [-0.39, 0.29) is 5.56 Å². The molecule has 1 N–H and O–H groups in total. The van der Waals surface area contributed by atoms with Crippen molar-refractivity contribution in [2.75, 3.05) is 0 Å². The fourth-order valence-corrected chi connectivity index (χ4v) is 2.27. The molecule has 0 fully saturated rings. The van der Waals surface area contributed by atoms with E-state index in [9.17, 15) is 13.9 Å². The molecule has 19 heavy (non-hydrogen) atoms. The van der Waals surface area contributed by atoms with Crippen LogP contribution in [0, 0.1) is 25.5 Å². The second kappa shape index (κ2) is 5.39.